The molecule has 1 atom stereocenters. The summed E-state index contributed by atoms with van der Waals surface area (Å²) in [6.07, 6.45) is 3.63. The average Bonchev–Trinajstić information content (AvgIpc) is 3.25. The molecule has 0 aliphatic carbocycles. The second kappa shape index (κ2) is 7.10. The predicted octanol–water partition coefficient (Wildman–Crippen LogP) is 2.46. The van der Waals surface area contributed by atoms with E-state index in [2.05, 4.69) is 20.9 Å². The Morgan fingerprint density at radius 3 is 2.92 bits per heavy atom. The van der Waals surface area contributed by atoms with Crippen molar-refractivity contribution < 1.29 is 9.32 Å². The minimum atomic E-state index is -0.168. The van der Waals surface area contributed by atoms with Crippen LogP contribution in [0.2, 0.25) is 0 Å². The van der Waals surface area contributed by atoms with Gasteiger partial charge < -0.3 is 15.2 Å². The smallest absolute Gasteiger partial charge is 0.239 e. The van der Waals surface area contributed by atoms with Gasteiger partial charge in [-0.2, -0.15) is 5.10 Å². The van der Waals surface area contributed by atoms with Gasteiger partial charge in [-0.15, -0.1) is 0 Å². The van der Waals surface area contributed by atoms with Crippen molar-refractivity contribution in [1.82, 2.24) is 20.3 Å². The fraction of sp³-hybridized carbons (Fsp3) is 0.235. The number of anilines is 1. The van der Waals surface area contributed by atoms with Crippen LogP contribution in [0.5, 0.6) is 0 Å². The van der Waals surface area contributed by atoms with Crippen LogP contribution < -0.4 is 10.6 Å². The van der Waals surface area contributed by atoms with Crippen LogP contribution in [0.3, 0.4) is 0 Å². The highest BCUT2D eigenvalue weighted by Gasteiger charge is 2.10. The van der Waals surface area contributed by atoms with Crippen molar-refractivity contribution in [3.8, 4) is 5.69 Å². The molecule has 0 saturated carbocycles. The Bertz CT molecular complexity index is 810. The van der Waals surface area contributed by atoms with Crippen LogP contribution in [0, 0.1) is 6.92 Å². The number of hydrogen-bond acceptors (Lipinski definition) is 5. The van der Waals surface area contributed by atoms with Gasteiger partial charge in [0.2, 0.25) is 5.91 Å². The van der Waals surface area contributed by atoms with Gasteiger partial charge in [-0.1, -0.05) is 17.3 Å². The van der Waals surface area contributed by atoms with Gasteiger partial charge in [-0.05, 0) is 37.6 Å². The lowest BCUT2D eigenvalue weighted by Gasteiger charge is -2.15. The Morgan fingerprint density at radius 1 is 1.33 bits per heavy atom. The van der Waals surface area contributed by atoms with E-state index in [1.165, 1.54) is 0 Å². The summed E-state index contributed by atoms with van der Waals surface area (Å²) in [6, 6.07) is 11.6. The molecule has 7 nitrogen and oxygen atoms in total. The molecule has 1 aromatic carbocycles. The van der Waals surface area contributed by atoms with Crippen LogP contribution in [0.15, 0.2) is 53.3 Å². The van der Waals surface area contributed by atoms with E-state index < -0.39 is 0 Å². The van der Waals surface area contributed by atoms with Gasteiger partial charge in [-0.3, -0.25) is 4.79 Å². The molecule has 2 aromatic heterocycles. The van der Waals surface area contributed by atoms with E-state index in [-0.39, 0.29) is 18.5 Å². The normalized spacial score (nSPS) is 12.1. The summed E-state index contributed by atoms with van der Waals surface area (Å²) in [5.74, 6) is 0.910. The number of aryl methyl sites for hydroxylation is 1. The second-order valence-corrected chi connectivity index (χ2v) is 5.52. The average molecular weight is 325 g/mol. The number of rotatable bonds is 6. The molecule has 24 heavy (non-hydrogen) atoms. The van der Waals surface area contributed by atoms with Crippen molar-refractivity contribution in [2.45, 2.75) is 19.9 Å². The van der Waals surface area contributed by atoms with Crippen LogP contribution in [0.25, 0.3) is 5.69 Å². The van der Waals surface area contributed by atoms with Crippen molar-refractivity contribution in [3.63, 3.8) is 0 Å². The SMILES string of the molecule is Cc1cc(NC(=O)CNC(C)c2cccc(-n3cccn3)c2)no1. The molecule has 0 aliphatic rings. The summed E-state index contributed by atoms with van der Waals surface area (Å²) in [4.78, 5) is 11.9. The van der Waals surface area contributed by atoms with Gasteiger partial charge in [0.25, 0.3) is 0 Å². The van der Waals surface area contributed by atoms with Crippen LogP contribution >= 0.6 is 0 Å². The molecule has 0 fully saturated rings. The number of hydrogen-bond donors (Lipinski definition) is 2. The molecule has 0 aliphatic heterocycles. The minimum absolute atomic E-state index is 0.0188. The maximum atomic E-state index is 11.9. The zero-order valence-electron chi connectivity index (χ0n) is 13.6. The Labute approximate surface area is 139 Å². The molecule has 0 radical (unpaired) electrons. The molecule has 0 spiro atoms. The Kier molecular flexibility index (Phi) is 4.72. The first-order valence-electron chi connectivity index (χ1n) is 7.68. The van der Waals surface area contributed by atoms with Gasteiger partial charge in [0, 0.05) is 24.5 Å². The highest BCUT2D eigenvalue weighted by molar-refractivity contribution is 5.91. The largest absolute Gasteiger partial charge is 0.360 e. The molecule has 0 saturated heterocycles. The third-order valence-electron chi connectivity index (χ3n) is 3.60. The zero-order chi connectivity index (χ0) is 16.9. The number of nitrogens with zero attached hydrogens (tertiary/aromatic N) is 3. The summed E-state index contributed by atoms with van der Waals surface area (Å²) in [5, 5.41) is 13.8. The lowest BCUT2D eigenvalue weighted by atomic mass is 10.1. The van der Waals surface area contributed by atoms with Crippen LogP contribution in [-0.2, 0) is 4.79 Å². The van der Waals surface area contributed by atoms with E-state index in [1.807, 2.05) is 43.5 Å². The molecule has 7 heteroatoms. The summed E-state index contributed by atoms with van der Waals surface area (Å²) in [5.41, 5.74) is 2.06. The Balaban J connectivity index is 1.58. The topological polar surface area (TPSA) is 85.0 Å². The molecule has 1 unspecified atom stereocenters. The summed E-state index contributed by atoms with van der Waals surface area (Å²) in [7, 11) is 0. The standard InChI is InChI=1S/C17H19N5O2/c1-12-9-16(21-24-12)20-17(23)11-18-13(2)14-5-3-6-15(10-14)22-8-4-7-19-22/h3-10,13,18H,11H2,1-2H3,(H,20,21,23). The Morgan fingerprint density at radius 2 is 2.21 bits per heavy atom. The summed E-state index contributed by atoms with van der Waals surface area (Å²) >= 11 is 0. The summed E-state index contributed by atoms with van der Waals surface area (Å²) in [6.45, 7) is 3.96. The molecule has 2 N–H and O–H groups in total. The monoisotopic (exact) mass is 325 g/mol. The number of amides is 1. The molecular formula is C17H19N5O2. The van der Waals surface area contributed by atoms with Gasteiger partial charge in [0.05, 0.1) is 12.2 Å². The van der Waals surface area contributed by atoms with E-state index >= 15 is 0 Å². The van der Waals surface area contributed by atoms with Crippen LogP contribution in [0.1, 0.15) is 24.3 Å². The van der Waals surface area contributed by atoms with E-state index in [0.717, 1.165) is 11.3 Å². The molecule has 3 aromatic rings. The first kappa shape index (κ1) is 15.9. The number of carbonyl (C=O) groups excluding carboxylic acids is 1. The third-order valence-corrected chi connectivity index (χ3v) is 3.60. The minimum Gasteiger partial charge on any atom is -0.360 e. The third kappa shape index (κ3) is 3.88. The van der Waals surface area contributed by atoms with Crippen molar-refractivity contribution in [3.05, 3.63) is 60.1 Å². The van der Waals surface area contributed by atoms with E-state index in [4.69, 9.17) is 4.52 Å². The molecule has 2 heterocycles. The number of aromatic nitrogens is 3. The molecule has 124 valence electrons. The van der Waals surface area contributed by atoms with Gasteiger partial charge in [-0.25, -0.2) is 4.68 Å². The first-order valence-corrected chi connectivity index (χ1v) is 7.68. The maximum absolute atomic E-state index is 11.9. The number of carbonyl (C=O) groups is 1. The lowest BCUT2D eigenvalue weighted by Crippen LogP contribution is -2.30. The highest BCUT2D eigenvalue weighted by Crippen LogP contribution is 2.16. The lowest BCUT2D eigenvalue weighted by molar-refractivity contribution is -0.115. The van der Waals surface area contributed by atoms with E-state index in [0.29, 0.717) is 11.6 Å². The van der Waals surface area contributed by atoms with Crippen molar-refractivity contribution in [1.29, 1.82) is 0 Å². The molecule has 0 bridgehead atoms. The number of nitrogens with one attached hydrogen (secondary N) is 2. The number of benzene rings is 1. The molecule has 1 amide bonds. The molecular weight excluding hydrogens is 306 g/mol. The van der Waals surface area contributed by atoms with Crippen molar-refractivity contribution >= 4 is 11.7 Å². The zero-order valence-corrected chi connectivity index (χ0v) is 13.6. The van der Waals surface area contributed by atoms with Crippen molar-refractivity contribution in [2.75, 3.05) is 11.9 Å². The first-order chi connectivity index (χ1) is 11.6. The molecule has 3 rings (SSSR count). The van der Waals surface area contributed by atoms with E-state index in [1.54, 1.807) is 23.9 Å². The second-order valence-electron chi connectivity index (χ2n) is 5.52. The van der Waals surface area contributed by atoms with Gasteiger partial charge in [0.1, 0.15) is 5.76 Å². The Hall–Kier alpha value is -2.93. The van der Waals surface area contributed by atoms with E-state index in [9.17, 15) is 4.79 Å². The van der Waals surface area contributed by atoms with Gasteiger partial charge >= 0.3 is 0 Å². The summed E-state index contributed by atoms with van der Waals surface area (Å²) < 4.78 is 6.72. The fourth-order valence-electron chi connectivity index (χ4n) is 2.33. The van der Waals surface area contributed by atoms with Crippen molar-refractivity contribution in [2.24, 2.45) is 0 Å². The van der Waals surface area contributed by atoms with Gasteiger partial charge in [0.15, 0.2) is 5.82 Å². The predicted molar refractivity (Wildman–Crippen MR) is 89.9 cm³/mol. The quantitative estimate of drug-likeness (QED) is 0.727. The highest BCUT2D eigenvalue weighted by atomic mass is 16.5. The van der Waals surface area contributed by atoms with Crippen LogP contribution in [-0.4, -0.2) is 27.4 Å². The fourth-order valence-corrected chi connectivity index (χ4v) is 2.33. The maximum Gasteiger partial charge on any atom is 0.239 e. The van der Waals surface area contributed by atoms with Crippen LogP contribution in [0.4, 0.5) is 5.82 Å².